The quantitative estimate of drug-likeness (QED) is 0.660. The van der Waals surface area contributed by atoms with E-state index in [9.17, 15) is 0 Å². The zero-order valence-electron chi connectivity index (χ0n) is 10.9. The maximum absolute atomic E-state index is 6.25. The number of anilines is 1. The summed E-state index contributed by atoms with van der Waals surface area (Å²) < 4.78 is 1.80. The van der Waals surface area contributed by atoms with Crippen molar-refractivity contribution in [2.24, 2.45) is 0 Å². The van der Waals surface area contributed by atoms with Gasteiger partial charge in [-0.05, 0) is 36.9 Å². The fraction of sp³-hybridized carbons (Fsp3) is 0.154. The first kappa shape index (κ1) is 15.0. The van der Waals surface area contributed by atoms with E-state index in [1.165, 1.54) is 23.1 Å². The lowest BCUT2D eigenvalue weighted by molar-refractivity contribution is 0.999. The number of nitrogens with one attached hydrogen (secondary N) is 1. The Morgan fingerprint density at radius 2 is 2.19 bits per heavy atom. The van der Waals surface area contributed by atoms with E-state index in [-0.39, 0.29) is 0 Å². The molecular weight excluding hydrogens is 392 g/mol. The number of aromatic nitrogens is 3. The molecule has 3 aromatic rings. The number of hydrogen-bond donors (Lipinski definition) is 1. The normalized spacial score (nSPS) is 11.0. The Kier molecular flexibility index (Phi) is 4.63. The number of rotatable bonds is 4. The van der Waals surface area contributed by atoms with Gasteiger partial charge < -0.3 is 5.32 Å². The second-order valence-electron chi connectivity index (χ2n) is 4.11. The highest BCUT2D eigenvalue weighted by atomic mass is 79.9. The van der Waals surface area contributed by atoms with Gasteiger partial charge in [-0.2, -0.15) is 0 Å². The molecule has 0 fully saturated rings. The summed E-state index contributed by atoms with van der Waals surface area (Å²) in [6.45, 7) is 2.86. The van der Waals surface area contributed by atoms with Crippen molar-refractivity contribution in [1.82, 2.24) is 15.2 Å². The van der Waals surface area contributed by atoms with Gasteiger partial charge in [-0.15, -0.1) is 10.2 Å². The zero-order chi connectivity index (χ0) is 14.8. The summed E-state index contributed by atoms with van der Waals surface area (Å²) in [5.74, 6) is 0. The summed E-state index contributed by atoms with van der Waals surface area (Å²) in [4.78, 5) is 4.60. The van der Waals surface area contributed by atoms with Gasteiger partial charge in [0.15, 0.2) is 4.34 Å². The molecule has 0 bridgehead atoms. The lowest BCUT2D eigenvalue weighted by atomic mass is 10.2. The van der Waals surface area contributed by atoms with Crippen LogP contribution in [0, 0.1) is 0 Å². The third-order valence-corrected chi connectivity index (χ3v) is 5.23. The van der Waals surface area contributed by atoms with Gasteiger partial charge in [0, 0.05) is 16.4 Å². The van der Waals surface area contributed by atoms with Gasteiger partial charge >= 0.3 is 0 Å². The van der Waals surface area contributed by atoms with Crippen LogP contribution in [0.5, 0.6) is 0 Å². The first-order valence-corrected chi connectivity index (χ1v) is 8.97. The largest absolute Gasteiger partial charge is 0.360 e. The molecule has 0 saturated heterocycles. The molecular formula is C13H10BrClN4S2. The van der Waals surface area contributed by atoms with Crippen LogP contribution in [0.3, 0.4) is 0 Å². The van der Waals surface area contributed by atoms with Crippen molar-refractivity contribution >= 4 is 66.7 Å². The monoisotopic (exact) mass is 400 g/mol. The smallest absolute Gasteiger partial charge is 0.206 e. The summed E-state index contributed by atoms with van der Waals surface area (Å²) >= 11 is 12.7. The Bertz CT molecular complexity index is 793. The summed E-state index contributed by atoms with van der Waals surface area (Å²) in [6, 6.07) is 7.81. The summed E-state index contributed by atoms with van der Waals surface area (Å²) in [7, 11) is 0. The van der Waals surface area contributed by atoms with Crippen molar-refractivity contribution in [2.75, 3.05) is 11.9 Å². The van der Waals surface area contributed by atoms with E-state index >= 15 is 0 Å². The molecule has 3 rings (SSSR count). The van der Waals surface area contributed by atoms with Crippen molar-refractivity contribution in [3.8, 4) is 0 Å². The van der Waals surface area contributed by atoms with Crippen molar-refractivity contribution in [3.05, 3.63) is 33.8 Å². The number of nitrogens with zero attached hydrogens (tertiary/aromatic N) is 3. The fourth-order valence-electron chi connectivity index (χ4n) is 1.76. The Labute approximate surface area is 143 Å². The van der Waals surface area contributed by atoms with Crippen LogP contribution in [0.4, 0.5) is 5.13 Å². The van der Waals surface area contributed by atoms with Gasteiger partial charge in [-0.25, -0.2) is 4.98 Å². The zero-order valence-corrected chi connectivity index (χ0v) is 14.9. The van der Waals surface area contributed by atoms with Crippen molar-refractivity contribution in [3.63, 3.8) is 0 Å². The minimum absolute atomic E-state index is 0.632. The first-order valence-electron chi connectivity index (χ1n) is 6.16. The molecule has 1 N–H and O–H groups in total. The molecule has 0 aliphatic carbocycles. The van der Waals surface area contributed by atoms with Crippen LogP contribution in [0.2, 0.25) is 5.02 Å². The highest BCUT2D eigenvalue weighted by molar-refractivity contribution is 9.10. The highest BCUT2D eigenvalue weighted by Gasteiger charge is 2.09. The second kappa shape index (κ2) is 6.48. The van der Waals surface area contributed by atoms with E-state index < -0.39 is 0 Å². The predicted octanol–water partition coefficient (Wildman–Crippen LogP) is 5.09. The summed E-state index contributed by atoms with van der Waals surface area (Å²) in [6.07, 6.45) is 0. The first-order chi connectivity index (χ1) is 10.2. The maximum Gasteiger partial charge on any atom is 0.206 e. The average molecular weight is 402 g/mol. The van der Waals surface area contributed by atoms with Gasteiger partial charge in [-0.3, -0.25) is 0 Å². The molecule has 4 nitrogen and oxygen atoms in total. The molecule has 0 aliphatic heterocycles. The standard InChI is InChI=1S/C13H10BrClN4S2/c1-2-16-12-18-19-13(21-12)20-10-4-3-7-5-8(14)6-9(15)11(7)17-10/h3-6H,2H2,1H3,(H,16,18). The van der Waals surface area contributed by atoms with Gasteiger partial charge in [0.2, 0.25) is 5.13 Å². The third-order valence-electron chi connectivity index (χ3n) is 2.61. The number of fused-ring (bicyclic) bond motifs is 1. The molecule has 0 unspecified atom stereocenters. The molecule has 0 atom stereocenters. The lowest BCUT2D eigenvalue weighted by Crippen LogP contribution is -1.94. The minimum atomic E-state index is 0.632. The van der Waals surface area contributed by atoms with E-state index in [4.69, 9.17) is 11.6 Å². The Morgan fingerprint density at radius 1 is 1.33 bits per heavy atom. The van der Waals surface area contributed by atoms with Crippen LogP contribution in [-0.4, -0.2) is 21.7 Å². The minimum Gasteiger partial charge on any atom is -0.360 e. The predicted molar refractivity (Wildman–Crippen MR) is 92.6 cm³/mol. The number of pyridine rings is 1. The van der Waals surface area contributed by atoms with Crippen LogP contribution >= 0.6 is 50.6 Å². The van der Waals surface area contributed by atoms with E-state index in [1.54, 1.807) is 0 Å². The van der Waals surface area contributed by atoms with Crippen LogP contribution in [0.25, 0.3) is 10.9 Å². The molecule has 0 spiro atoms. The SMILES string of the molecule is CCNc1nnc(Sc2ccc3cc(Br)cc(Cl)c3n2)s1. The highest BCUT2D eigenvalue weighted by Crippen LogP contribution is 2.33. The Balaban J connectivity index is 1.90. The van der Waals surface area contributed by atoms with Gasteiger partial charge in [-0.1, -0.05) is 44.9 Å². The maximum atomic E-state index is 6.25. The van der Waals surface area contributed by atoms with Crippen LogP contribution in [-0.2, 0) is 0 Å². The average Bonchev–Trinajstić information content (AvgIpc) is 2.87. The number of benzene rings is 1. The van der Waals surface area contributed by atoms with E-state index in [1.807, 2.05) is 31.2 Å². The third kappa shape index (κ3) is 3.48. The molecule has 0 radical (unpaired) electrons. The van der Waals surface area contributed by atoms with Crippen LogP contribution < -0.4 is 5.32 Å². The van der Waals surface area contributed by atoms with Crippen molar-refractivity contribution < 1.29 is 0 Å². The molecule has 0 amide bonds. The summed E-state index contributed by atoms with van der Waals surface area (Å²) in [5, 5.41) is 14.7. The molecule has 108 valence electrons. The second-order valence-corrected chi connectivity index (χ2v) is 7.68. The Morgan fingerprint density at radius 3 is 3.00 bits per heavy atom. The number of hydrogen-bond acceptors (Lipinski definition) is 6. The lowest BCUT2D eigenvalue weighted by Gasteiger charge is -2.03. The molecule has 21 heavy (non-hydrogen) atoms. The van der Waals surface area contributed by atoms with E-state index in [2.05, 4.69) is 36.4 Å². The number of halogens is 2. The van der Waals surface area contributed by atoms with E-state index in [0.717, 1.165) is 36.4 Å². The van der Waals surface area contributed by atoms with Gasteiger partial charge in [0.1, 0.15) is 5.03 Å². The van der Waals surface area contributed by atoms with Crippen LogP contribution in [0.1, 0.15) is 6.92 Å². The topological polar surface area (TPSA) is 50.7 Å². The fourth-order valence-corrected chi connectivity index (χ4v) is 4.37. The van der Waals surface area contributed by atoms with Crippen LogP contribution in [0.15, 0.2) is 38.1 Å². The molecule has 1 aromatic carbocycles. The molecule has 8 heteroatoms. The molecule has 2 heterocycles. The summed E-state index contributed by atoms with van der Waals surface area (Å²) in [5.41, 5.74) is 0.793. The Hall–Kier alpha value is -0.890. The molecule has 2 aromatic heterocycles. The van der Waals surface area contributed by atoms with E-state index in [0.29, 0.717) is 5.02 Å². The molecule has 0 aliphatic rings. The van der Waals surface area contributed by atoms with Crippen molar-refractivity contribution in [1.29, 1.82) is 0 Å². The van der Waals surface area contributed by atoms with Gasteiger partial charge in [0.05, 0.1) is 10.5 Å². The van der Waals surface area contributed by atoms with Gasteiger partial charge in [0.25, 0.3) is 0 Å². The molecule has 0 saturated carbocycles. The van der Waals surface area contributed by atoms with Crippen molar-refractivity contribution in [2.45, 2.75) is 16.3 Å².